The monoisotopic (exact) mass is 269 g/mol. The van der Waals surface area contributed by atoms with E-state index in [-0.39, 0.29) is 16.9 Å². The van der Waals surface area contributed by atoms with E-state index in [1.54, 1.807) is 0 Å². The lowest BCUT2D eigenvalue weighted by Crippen LogP contribution is -2.30. The molecular formula is C10H11N3O4S. The van der Waals surface area contributed by atoms with Crippen LogP contribution in [0.5, 0.6) is 0 Å². The van der Waals surface area contributed by atoms with Gasteiger partial charge in [-0.1, -0.05) is 0 Å². The van der Waals surface area contributed by atoms with E-state index in [4.69, 9.17) is 16.1 Å². The van der Waals surface area contributed by atoms with Crippen LogP contribution >= 0.6 is 0 Å². The number of anilines is 2. The third-order valence-electron chi connectivity index (χ3n) is 2.25. The van der Waals surface area contributed by atoms with Gasteiger partial charge in [-0.3, -0.25) is 4.31 Å². The Balaban J connectivity index is 3.35. The van der Waals surface area contributed by atoms with E-state index >= 15 is 0 Å². The van der Waals surface area contributed by atoms with Gasteiger partial charge in [-0.2, -0.15) is 5.26 Å². The first-order chi connectivity index (χ1) is 8.29. The number of hydrogen-bond acceptors (Lipinski definition) is 5. The molecule has 1 rings (SSSR count). The lowest BCUT2D eigenvalue weighted by molar-refractivity contribution is 0.0698. The molecule has 0 aliphatic heterocycles. The molecule has 18 heavy (non-hydrogen) atoms. The molecule has 0 aliphatic carbocycles. The molecule has 0 aliphatic rings. The number of nitrogens with two attached hydrogens (primary N) is 1. The smallest absolute Gasteiger partial charge is 0.337 e. The first kappa shape index (κ1) is 13.8. The van der Waals surface area contributed by atoms with Crippen molar-refractivity contribution in [1.29, 1.82) is 5.26 Å². The molecule has 1 aromatic carbocycles. The molecule has 0 heterocycles. The third kappa shape index (κ3) is 2.70. The minimum Gasteiger partial charge on any atom is -0.478 e. The van der Waals surface area contributed by atoms with Crippen LogP contribution in [-0.2, 0) is 10.0 Å². The Labute approximate surface area is 104 Å². The zero-order chi connectivity index (χ0) is 13.9. The lowest BCUT2D eigenvalue weighted by atomic mass is 10.1. The van der Waals surface area contributed by atoms with Crippen molar-refractivity contribution in [3.8, 4) is 6.07 Å². The molecule has 0 bridgehead atoms. The van der Waals surface area contributed by atoms with E-state index in [9.17, 15) is 13.2 Å². The van der Waals surface area contributed by atoms with E-state index < -0.39 is 21.7 Å². The second kappa shape index (κ2) is 4.93. The fourth-order valence-corrected chi connectivity index (χ4v) is 2.14. The third-order valence-corrected chi connectivity index (χ3v) is 3.78. The van der Waals surface area contributed by atoms with Gasteiger partial charge in [0.25, 0.3) is 0 Å². The van der Waals surface area contributed by atoms with Gasteiger partial charge in [0.2, 0.25) is 10.0 Å². The SMILES string of the molecule is CN(c1ccc(N)cc1C(=O)O)S(=O)(=O)CC#N. The van der Waals surface area contributed by atoms with Crippen LogP contribution in [0.1, 0.15) is 10.4 Å². The predicted molar refractivity (Wildman–Crippen MR) is 65.6 cm³/mol. The largest absolute Gasteiger partial charge is 0.478 e. The first-order valence-corrected chi connectivity index (χ1v) is 6.37. The number of carboxylic acids is 1. The Kier molecular flexibility index (Phi) is 3.78. The zero-order valence-corrected chi connectivity index (χ0v) is 10.3. The molecule has 8 heteroatoms. The van der Waals surface area contributed by atoms with Crippen molar-refractivity contribution in [2.75, 3.05) is 22.8 Å². The van der Waals surface area contributed by atoms with Gasteiger partial charge in [-0.05, 0) is 18.2 Å². The Hall–Kier alpha value is -2.27. The standard InChI is InChI=1S/C10H11N3O4S/c1-13(18(16,17)5-4-11)9-3-2-7(12)6-8(9)10(14)15/h2-3,6H,5,12H2,1H3,(H,14,15). The number of hydrogen-bond donors (Lipinski definition) is 2. The summed E-state index contributed by atoms with van der Waals surface area (Å²) < 4.78 is 24.1. The summed E-state index contributed by atoms with van der Waals surface area (Å²) in [6.45, 7) is 0. The van der Waals surface area contributed by atoms with E-state index in [0.29, 0.717) is 0 Å². The van der Waals surface area contributed by atoms with Crippen LogP contribution in [0, 0.1) is 11.3 Å². The van der Waals surface area contributed by atoms with Crippen molar-refractivity contribution in [2.45, 2.75) is 0 Å². The van der Waals surface area contributed by atoms with Gasteiger partial charge in [-0.15, -0.1) is 0 Å². The Morgan fingerprint density at radius 2 is 2.17 bits per heavy atom. The van der Waals surface area contributed by atoms with Gasteiger partial charge in [0, 0.05) is 12.7 Å². The van der Waals surface area contributed by atoms with E-state index in [0.717, 1.165) is 10.4 Å². The van der Waals surface area contributed by atoms with Gasteiger partial charge in [0.1, 0.15) is 0 Å². The van der Waals surface area contributed by atoms with Gasteiger partial charge >= 0.3 is 5.97 Å². The summed E-state index contributed by atoms with van der Waals surface area (Å²) >= 11 is 0. The summed E-state index contributed by atoms with van der Waals surface area (Å²) in [5, 5.41) is 17.4. The van der Waals surface area contributed by atoms with Crippen LogP contribution in [0.25, 0.3) is 0 Å². The average molecular weight is 269 g/mol. The van der Waals surface area contributed by atoms with E-state index in [1.165, 1.54) is 25.2 Å². The van der Waals surface area contributed by atoms with Gasteiger partial charge in [0.15, 0.2) is 5.75 Å². The zero-order valence-electron chi connectivity index (χ0n) is 9.49. The normalized spacial score (nSPS) is 10.7. The minimum absolute atomic E-state index is 0.0352. The van der Waals surface area contributed by atoms with Crippen molar-refractivity contribution in [2.24, 2.45) is 0 Å². The Bertz CT molecular complexity index is 619. The number of sulfonamides is 1. The summed E-state index contributed by atoms with van der Waals surface area (Å²) in [4.78, 5) is 11.0. The minimum atomic E-state index is -3.86. The highest BCUT2D eigenvalue weighted by molar-refractivity contribution is 7.92. The molecular weight excluding hydrogens is 258 g/mol. The molecule has 0 radical (unpaired) electrons. The second-order valence-corrected chi connectivity index (χ2v) is 5.46. The van der Waals surface area contributed by atoms with Crippen LogP contribution in [0.2, 0.25) is 0 Å². The van der Waals surface area contributed by atoms with Gasteiger partial charge in [0.05, 0.1) is 17.3 Å². The number of aromatic carboxylic acids is 1. The number of carbonyl (C=O) groups is 1. The van der Waals surface area contributed by atoms with Crippen LogP contribution in [0.3, 0.4) is 0 Å². The molecule has 1 aromatic rings. The van der Waals surface area contributed by atoms with E-state index in [1.807, 2.05) is 0 Å². The molecule has 0 aromatic heterocycles. The first-order valence-electron chi connectivity index (χ1n) is 4.76. The number of rotatable bonds is 4. The summed E-state index contributed by atoms with van der Waals surface area (Å²) in [6.07, 6.45) is 0. The molecule has 0 spiro atoms. The topological polar surface area (TPSA) is 124 Å². The molecule has 3 N–H and O–H groups in total. The Morgan fingerprint density at radius 3 is 2.67 bits per heavy atom. The Morgan fingerprint density at radius 1 is 1.56 bits per heavy atom. The molecule has 7 nitrogen and oxygen atoms in total. The van der Waals surface area contributed by atoms with Crippen LogP contribution < -0.4 is 10.0 Å². The van der Waals surface area contributed by atoms with Crippen molar-refractivity contribution in [1.82, 2.24) is 0 Å². The number of nitrogens with zero attached hydrogens (tertiary/aromatic N) is 2. The highest BCUT2D eigenvalue weighted by atomic mass is 32.2. The molecule has 96 valence electrons. The summed E-state index contributed by atoms with van der Waals surface area (Å²) in [5.74, 6) is -2.02. The van der Waals surface area contributed by atoms with Gasteiger partial charge < -0.3 is 10.8 Å². The summed E-state index contributed by atoms with van der Waals surface area (Å²) in [6, 6.07) is 5.35. The summed E-state index contributed by atoms with van der Waals surface area (Å²) in [5.41, 5.74) is 5.39. The molecule has 0 fully saturated rings. The number of carboxylic acid groups (broad SMARTS) is 1. The highest BCUT2D eigenvalue weighted by Gasteiger charge is 2.23. The average Bonchev–Trinajstić information content (AvgIpc) is 2.27. The maximum absolute atomic E-state index is 11.7. The van der Waals surface area contributed by atoms with Crippen LogP contribution in [0.4, 0.5) is 11.4 Å². The second-order valence-electron chi connectivity index (χ2n) is 3.46. The highest BCUT2D eigenvalue weighted by Crippen LogP contribution is 2.24. The molecule has 0 saturated carbocycles. The van der Waals surface area contributed by atoms with Crippen molar-refractivity contribution >= 4 is 27.4 Å². The molecule has 0 amide bonds. The number of nitrogen functional groups attached to an aromatic ring is 1. The van der Waals surface area contributed by atoms with Crippen molar-refractivity contribution < 1.29 is 18.3 Å². The summed E-state index contributed by atoms with van der Waals surface area (Å²) in [7, 11) is -2.68. The van der Waals surface area contributed by atoms with Gasteiger partial charge in [-0.25, -0.2) is 13.2 Å². The van der Waals surface area contributed by atoms with Crippen LogP contribution in [0.15, 0.2) is 18.2 Å². The molecule has 0 saturated heterocycles. The van der Waals surface area contributed by atoms with E-state index in [2.05, 4.69) is 0 Å². The lowest BCUT2D eigenvalue weighted by Gasteiger charge is -2.19. The quantitative estimate of drug-likeness (QED) is 0.755. The fraction of sp³-hybridized carbons (Fsp3) is 0.200. The van der Waals surface area contributed by atoms with Crippen molar-refractivity contribution in [3.63, 3.8) is 0 Å². The number of benzene rings is 1. The fourth-order valence-electron chi connectivity index (χ4n) is 1.33. The maximum Gasteiger partial charge on any atom is 0.337 e. The van der Waals surface area contributed by atoms with Crippen molar-refractivity contribution in [3.05, 3.63) is 23.8 Å². The van der Waals surface area contributed by atoms with Crippen LogP contribution in [-0.4, -0.2) is 32.3 Å². The molecule has 0 atom stereocenters. The maximum atomic E-state index is 11.7. The molecule has 0 unspecified atom stereocenters. The number of nitriles is 1. The predicted octanol–water partition coefficient (Wildman–Crippen LogP) is 0.257.